The van der Waals surface area contributed by atoms with E-state index in [1.165, 1.54) is 0 Å². The van der Waals surface area contributed by atoms with E-state index in [4.69, 9.17) is 26.8 Å². The first-order valence-corrected chi connectivity index (χ1v) is 6.23. The first-order chi connectivity index (χ1) is 9.62. The number of methoxy groups -OCH3 is 2. The maximum Gasteiger partial charge on any atom is 0.158 e. The molecule has 0 saturated carbocycles. The van der Waals surface area contributed by atoms with Crippen LogP contribution in [-0.2, 0) is 11.3 Å². The van der Waals surface area contributed by atoms with Crippen LogP contribution in [0.5, 0.6) is 5.75 Å². The third-order valence-corrected chi connectivity index (χ3v) is 2.80. The number of anilines is 3. The molecule has 0 bridgehead atoms. The van der Waals surface area contributed by atoms with Gasteiger partial charge in [-0.3, -0.25) is 0 Å². The van der Waals surface area contributed by atoms with Gasteiger partial charge in [0.15, 0.2) is 5.82 Å². The van der Waals surface area contributed by atoms with E-state index in [9.17, 15) is 0 Å². The molecule has 3 N–H and O–H groups in total. The number of nitrogens with zero attached hydrogens (tertiary/aromatic N) is 2. The summed E-state index contributed by atoms with van der Waals surface area (Å²) in [5.41, 5.74) is 6.52. The molecule has 7 heteroatoms. The highest BCUT2D eigenvalue weighted by atomic mass is 35.5. The fourth-order valence-corrected chi connectivity index (χ4v) is 1.86. The van der Waals surface area contributed by atoms with E-state index in [0.29, 0.717) is 34.8 Å². The van der Waals surface area contributed by atoms with Crippen molar-refractivity contribution in [2.45, 2.75) is 6.61 Å². The lowest BCUT2D eigenvalue weighted by molar-refractivity contribution is 0.178. The smallest absolute Gasteiger partial charge is 0.158 e. The average molecular weight is 295 g/mol. The molecule has 0 aliphatic heterocycles. The summed E-state index contributed by atoms with van der Waals surface area (Å²) in [5.74, 6) is 2.04. The Hall–Kier alpha value is -2.05. The van der Waals surface area contributed by atoms with E-state index in [1.54, 1.807) is 32.4 Å². The third-order valence-electron chi connectivity index (χ3n) is 2.49. The summed E-state index contributed by atoms with van der Waals surface area (Å²) in [6.45, 7) is 0.295. The summed E-state index contributed by atoms with van der Waals surface area (Å²) in [7, 11) is 3.13. The first kappa shape index (κ1) is 14.4. The Morgan fingerprint density at radius 1 is 1.25 bits per heavy atom. The fourth-order valence-electron chi connectivity index (χ4n) is 1.66. The van der Waals surface area contributed by atoms with Crippen molar-refractivity contribution in [3.05, 3.63) is 35.1 Å². The Bertz CT molecular complexity index is 607. The van der Waals surface area contributed by atoms with E-state index in [1.807, 2.05) is 6.07 Å². The molecule has 0 radical (unpaired) electrons. The lowest BCUT2D eigenvalue weighted by Gasteiger charge is -2.10. The standard InChI is InChI=1S/C13H15ClN4O2/c1-19-7-13-17-11(15)6-12(18-13)16-8-3-4-9(14)10(5-8)20-2/h3-6H,7H2,1-2H3,(H3,15,16,17,18). The van der Waals surface area contributed by atoms with Crippen LogP contribution < -0.4 is 15.8 Å². The molecule has 6 nitrogen and oxygen atoms in total. The molecule has 20 heavy (non-hydrogen) atoms. The van der Waals surface area contributed by atoms with Gasteiger partial charge in [-0.05, 0) is 12.1 Å². The van der Waals surface area contributed by atoms with E-state index in [2.05, 4.69) is 15.3 Å². The highest BCUT2D eigenvalue weighted by Gasteiger charge is 2.05. The molecule has 1 heterocycles. The quantitative estimate of drug-likeness (QED) is 0.882. The minimum Gasteiger partial charge on any atom is -0.495 e. The normalized spacial score (nSPS) is 10.3. The van der Waals surface area contributed by atoms with E-state index >= 15 is 0 Å². The van der Waals surface area contributed by atoms with E-state index in [0.717, 1.165) is 5.69 Å². The largest absolute Gasteiger partial charge is 0.495 e. The van der Waals surface area contributed by atoms with Crippen LogP contribution in [0.4, 0.5) is 17.3 Å². The van der Waals surface area contributed by atoms with Gasteiger partial charge in [0, 0.05) is 24.9 Å². The average Bonchev–Trinajstić information content (AvgIpc) is 2.40. The van der Waals surface area contributed by atoms with Crippen molar-refractivity contribution in [1.82, 2.24) is 9.97 Å². The van der Waals surface area contributed by atoms with E-state index < -0.39 is 0 Å². The Kier molecular flexibility index (Phi) is 4.60. The van der Waals surface area contributed by atoms with Crippen LogP contribution in [0.3, 0.4) is 0 Å². The van der Waals surface area contributed by atoms with Crippen molar-refractivity contribution >= 4 is 28.9 Å². The van der Waals surface area contributed by atoms with Gasteiger partial charge in [-0.1, -0.05) is 11.6 Å². The molecular formula is C13H15ClN4O2. The fraction of sp³-hybridized carbons (Fsp3) is 0.231. The van der Waals surface area contributed by atoms with Crippen LogP contribution in [0.2, 0.25) is 5.02 Å². The zero-order valence-electron chi connectivity index (χ0n) is 11.2. The predicted octanol–water partition coefficient (Wildman–Crippen LogP) is 2.61. The molecule has 0 spiro atoms. The minimum atomic E-state index is 0.295. The zero-order chi connectivity index (χ0) is 14.5. The summed E-state index contributed by atoms with van der Waals surface area (Å²) in [5, 5.41) is 3.66. The minimum absolute atomic E-state index is 0.295. The second-order valence-corrected chi connectivity index (χ2v) is 4.41. The number of nitrogens with two attached hydrogens (primary N) is 1. The van der Waals surface area contributed by atoms with Crippen LogP contribution >= 0.6 is 11.6 Å². The van der Waals surface area contributed by atoms with Gasteiger partial charge in [-0.25, -0.2) is 9.97 Å². The molecule has 2 aromatic rings. The maximum atomic E-state index is 5.98. The third kappa shape index (κ3) is 3.49. The highest BCUT2D eigenvalue weighted by Crippen LogP contribution is 2.28. The van der Waals surface area contributed by atoms with Crippen molar-refractivity contribution in [3.63, 3.8) is 0 Å². The molecular weight excluding hydrogens is 280 g/mol. The second-order valence-electron chi connectivity index (χ2n) is 4.00. The lowest BCUT2D eigenvalue weighted by atomic mass is 10.3. The molecule has 0 fully saturated rings. The molecule has 0 aliphatic rings. The van der Waals surface area contributed by atoms with Crippen LogP contribution in [0.1, 0.15) is 5.82 Å². The van der Waals surface area contributed by atoms with Crippen LogP contribution in [0.15, 0.2) is 24.3 Å². The van der Waals surface area contributed by atoms with Crippen LogP contribution in [-0.4, -0.2) is 24.2 Å². The number of hydrogen-bond donors (Lipinski definition) is 2. The predicted molar refractivity (Wildman–Crippen MR) is 78.4 cm³/mol. The van der Waals surface area contributed by atoms with Gasteiger partial charge in [0.2, 0.25) is 0 Å². The number of hydrogen-bond acceptors (Lipinski definition) is 6. The van der Waals surface area contributed by atoms with Gasteiger partial charge >= 0.3 is 0 Å². The van der Waals surface area contributed by atoms with Gasteiger partial charge in [0.05, 0.1) is 12.1 Å². The number of rotatable bonds is 5. The van der Waals surface area contributed by atoms with Crippen molar-refractivity contribution in [2.75, 3.05) is 25.3 Å². The topological polar surface area (TPSA) is 82.3 Å². The van der Waals surface area contributed by atoms with Crippen molar-refractivity contribution in [1.29, 1.82) is 0 Å². The Morgan fingerprint density at radius 2 is 2.05 bits per heavy atom. The summed E-state index contributed by atoms with van der Waals surface area (Å²) in [4.78, 5) is 8.36. The maximum absolute atomic E-state index is 5.98. The van der Waals surface area contributed by atoms with Crippen LogP contribution in [0.25, 0.3) is 0 Å². The molecule has 0 atom stereocenters. The SMILES string of the molecule is COCc1nc(N)cc(Nc2ccc(Cl)c(OC)c2)n1. The first-order valence-electron chi connectivity index (χ1n) is 5.85. The molecule has 0 aliphatic carbocycles. The summed E-state index contributed by atoms with van der Waals surface area (Å²) in [6.07, 6.45) is 0. The van der Waals surface area contributed by atoms with Crippen LogP contribution in [0, 0.1) is 0 Å². The lowest BCUT2D eigenvalue weighted by Crippen LogP contribution is -2.04. The van der Waals surface area contributed by atoms with Gasteiger partial charge in [-0.2, -0.15) is 0 Å². The number of halogens is 1. The van der Waals surface area contributed by atoms with Gasteiger partial charge in [-0.15, -0.1) is 0 Å². The van der Waals surface area contributed by atoms with Gasteiger partial charge in [0.25, 0.3) is 0 Å². The van der Waals surface area contributed by atoms with Gasteiger partial charge < -0.3 is 20.5 Å². The van der Waals surface area contributed by atoms with E-state index in [-0.39, 0.29) is 0 Å². The monoisotopic (exact) mass is 294 g/mol. The van der Waals surface area contributed by atoms with Crippen molar-refractivity contribution in [3.8, 4) is 5.75 Å². The molecule has 0 amide bonds. The molecule has 2 rings (SSSR count). The summed E-state index contributed by atoms with van der Waals surface area (Å²) < 4.78 is 10.2. The Balaban J connectivity index is 2.25. The Labute approximate surface area is 121 Å². The summed E-state index contributed by atoms with van der Waals surface area (Å²) >= 11 is 5.98. The number of nitrogens with one attached hydrogen (secondary N) is 1. The zero-order valence-corrected chi connectivity index (χ0v) is 11.9. The number of benzene rings is 1. The number of aromatic nitrogens is 2. The molecule has 1 aromatic carbocycles. The Morgan fingerprint density at radius 3 is 2.75 bits per heavy atom. The molecule has 106 valence electrons. The molecule has 1 aromatic heterocycles. The number of nitrogen functional groups attached to an aromatic ring is 1. The number of ether oxygens (including phenoxy) is 2. The second kappa shape index (κ2) is 6.40. The highest BCUT2D eigenvalue weighted by molar-refractivity contribution is 6.32. The molecule has 0 saturated heterocycles. The van der Waals surface area contributed by atoms with Crippen molar-refractivity contribution < 1.29 is 9.47 Å². The summed E-state index contributed by atoms with van der Waals surface area (Å²) in [6, 6.07) is 6.97. The van der Waals surface area contributed by atoms with Crippen molar-refractivity contribution in [2.24, 2.45) is 0 Å². The van der Waals surface area contributed by atoms with Gasteiger partial charge in [0.1, 0.15) is 24.0 Å². The molecule has 0 unspecified atom stereocenters.